The van der Waals surface area contributed by atoms with Crippen molar-refractivity contribution >= 4 is 23.6 Å². The number of aryl methyl sites for hydroxylation is 1. The number of hydrogen-bond donors (Lipinski definition) is 1. The molecule has 0 aromatic heterocycles. The van der Waals surface area contributed by atoms with Gasteiger partial charge in [-0.25, -0.2) is 4.79 Å². The number of esters is 1. The second-order valence-electron chi connectivity index (χ2n) is 5.39. The quantitative estimate of drug-likeness (QED) is 0.662. The maximum Gasteiger partial charge on any atom is 0.338 e. The van der Waals surface area contributed by atoms with E-state index in [1.807, 2.05) is 19.1 Å². The number of rotatable bonds is 5. The zero-order chi connectivity index (χ0) is 18.9. The maximum absolute atomic E-state index is 12.0. The largest absolute Gasteiger partial charge is 0.452 e. The number of carbonyl (C=O) groups excluding carboxylic acids is 2. The van der Waals surface area contributed by atoms with Gasteiger partial charge in [-0.05, 0) is 42.8 Å². The predicted octanol–water partition coefficient (Wildman–Crippen LogP) is 3.22. The van der Waals surface area contributed by atoms with Crippen LogP contribution in [0.3, 0.4) is 0 Å². The third-order valence-corrected chi connectivity index (χ3v) is 3.37. The van der Waals surface area contributed by atoms with E-state index in [4.69, 9.17) is 15.3 Å². The summed E-state index contributed by atoms with van der Waals surface area (Å²) in [5.41, 5.74) is 2.54. The Kier molecular flexibility index (Phi) is 6.25. The fraction of sp³-hybridized carbons (Fsp3) is 0.100. The molecule has 26 heavy (non-hydrogen) atoms. The van der Waals surface area contributed by atoms with Crippen LogP contribution >= 0.6 is 0 Å². The van der Waals surface area contributed by atoms with Crippen molar-refractivity contribution in [2.45, 2.75) is 6.92 Å². The second kappa shape index (κ2) is 8.81. The van der Waals surface area contributed by atoms with Crippen LogP contribution in [0.1, 0.15) is 21.5 Å². The van der Waals surface area contributed by atoms with E-state index in [1.165, 1.54) is 18.2 Å². The number of nitrogens with one attached hydrogen (secondary N) is 1. The number of benzene rings is 2. The Morgan fingerprint density at radius 1 is 1.04 bits per heavy atom. The van der Waals surface area contributed by atoms with Crippen molar-refractivity contribution in [1.82, 2.24) is 0 Å². The van der Waals surface area contributed by atoms with Gasteiger partial charge in [-0.1, -0.05) is 29.8 Å². The standard InChI is InChI=1S/C20H15N3O3/c1-14-2-8-18(9-3-14)23-19(24)13-26-20(25)17-6-4-15(5-7-17)10-16(11-21)12-22/h2-10H,13H2,1H3,(H,23,24). The van der Waals surface area contributed by atoms with E-state index < -0.39 is 18.5 Å². The molecule has 1 N–H and O–H groups in total. The van der Waals surface area contributed by atoms with E-state index in [1.54, 1.807) is 36.4 Å². The van der Waals surface area contributed by atoms with Crippen LogP contribution in [0, 0.1) is 29.6 Å². The van der Waals surface area contributed by atoms with Gasteiger partial charge in [0, 0.05) is 5.69 Å². The van der Waals surface area contributed by atoms with Gasteiger partial charge in [0.1, 0.15) is 17.7 Å². The van der Waals surface area contributed by atoms with Gasteiger partial charge in [-0.15, -0.1) is 0 Å². The third kappa shape index (κ3) is 5.33. The lowest BCUT2D eigenvalue weighted by Crippen LogP contribution is -2.20. The van der Waals surface area contributed by atoms with E-state index in [0.29, 0.717) is 11.3 Å². The number of nitrogens with zero attached hydrogens (tertiary/aromatic N) is 2. The molecule has 0 saturated heterocycles. The van der Waals surface area contributed by atoms with Crippen LogP contribution in [0.5, 0.6) is 0 Å². The van der Waals surface area contributed by atoms with Crippen molar-refractivity contribution in [3.05, 3.63) is 70.8 Å². The van der Waals surface area contributed by atoms with Crippen LogP contribution in [0.25, 0.3) is 6.08 Å². The Labute approximate surface area is 150 Å². The second-order valence-corrected chi connectivity index (χ2v) is 5.39. The Hall–Kier alpha value is -3.90. The first-order chi connectivity index (χ1) is 12.5. The summed E-state index contributed by atoms with van der Waals surface area (Å²) < 4.78 is 4.98. The SMILES string of the molecule is Cc1ccc(NC(=O)COC(=O)c2ccc(C=C(C#N)C#N)cc2)cc1. The highest BCUT2D eigenvalue weighted by Gasteiger charge is 2.10. The van der Waals surface area contributed by atoms with E-state index >= 15 is 0 Å². The van der Waals surface area contributed by atoms with Crippen LogP contribution in [0.15, 0.2) is 54.1 Å². The van der Waals surface area contributed by atoms with Gasteiger partial charge in [0.2, 0.25) is 0 Å². The summed E-state index contributed by atoms with van der Waals surface area (Å²) in [6.07, 6.45) is 1.41. The number of allylic oxidation sites excluding steroid dienone is 1. The third-order valence-electron chi connectivity index (χ3n) is 3.37. The molecule has 1 amide bonds. The average Bonchev–Trinajstić information content (AvgIpc) is 2.66. The van der Waals surface area contributed by atoms with Crippen LogP contribution in [-0.4, -0.2) is 18.5 Å². The molecular formula is C20H15N3O3. The summed E-state index contributed by atoms with van der Waals surface area (Å²) in [5, 5.41) is 20.1. The van der Waals surface area contributed by atoms with Crippen molar-refractivity contribution in [3.63, 3.8) is 0 Å². The Morgan fingerprint density at radius 3 is 2.23 bits per heavy atom. The molecule has 2 rings (SSSR count). The minimum absolute atomic E-state index is 0.0342. The van der Waals surface area contributed by atoms with Gasteiger partial charge >= 0.3 is 5.97 Å². The lowest BCUT2D eigenvalue weighted by atomic mass is 10.1. The van der Waals surface area contributed by atoms with Crippen molar-refractivity contribution in [2.75, 3.05) is 11.9 Å². The van der Waals surface area contributed by atoms with E-state index in [-0.39, 0.29) is 11.1 Å². The first-order valence-electron chi connectivity index (χ1n) is 7.67. The number of hydrogen-bond acceptors (Lipinski definition) is 5. The highest BCUT2D eigenvalue weighted by Crippen LogP contribution is 2.11. The Morgan fingerprint density at radius 2 is 1.65 bits per heavy atom. The molecule has 0 spiro atoms. The molecule has 0 fully saturated rings. The van der Waals surface area contributed by atoms with Gasteiger partial charge in [0.15, 0.2) is 6.61 Å². The lowest BCUT2D eigenvalue weighted by molar-refractivity contribution is -0.119. The van der Waals surface area contributed by atoms with Crippen molar-refractivity contribution < 1.29 is 14.3 Å². The molecule has 2 aromatic carbocycles. The van der Waals surface area contributed by atoms with Crippen molar-refractivity contribution in [3.8, 4) is 12.1 Å². The first kappa shape index (κ1) is 18.4. The van der Waals surface area contributed by atoms with Gasteiger partial charge in [0.25, 0.3) is 5.91 Å². The first-order valence-corrected chi connectivity index (χ1v) is 7.67. The van der Waals surface area contributed by atoms with Gasteiger partial charge in [0.05, 0.1) is 5.56 Å². The van der Waals surface area contributed by atoms with Crippen LogP contribution in [0.2, 0.25) is 0 Å². The van der Waals surface area contributed by atoms with E-state index in [0.717, 1.165) is 5.56 Å². The highest BCUT2D eigenvalue weighted by molar-refractivity contribution is 5.95. The molecule has 0 atom stereocenters. The number of ether oxygens (including phenoxy) is 1. The van der Waals surface area contributed by atoms with Crippen LogP contribution in [-0.2, 0) is 9.53 Å². The monoisotopic (exact) mass is 345 g/mol. The van der Waals surface area contributed by atoms with Crippen LogP contribution in [0.4, 0.5) is 5.69 Å². The molecule has 0 radical (unpaired) electrons. The smallest absolute Gasteiger partial charge is 0.338 e. The zero-order valence-corrected chi connectivity index (χ0v) is 14.0. The molecule has 0 saturated carbocycles. The van der Waals surface area contributed by atoms with Gasteiger partial charge < -0.3 is 10.1 Å². The molecule has 0 aliphatic heterocycles. The molecule has 0 heterocycles. The number of nitriles is 2. The molecule has 6 nitrogen and oxygen atoms in total. The topological polar surface area (TPSA) is 103 Å². The highest BCUT2D eigenvalue weighted by atomic mass is 16.5. The molecule has 2 aromatic rings. The summed E-state index contributed by atoms with van der Waals surface area (Å²) >= 11 is 0. The number of amides is 1. The number of anilines is 1. The molecule has 0 unspecified atom stereocenters. The van der Waals surface area contributed by atoms with Gasteiger partial charge in [-0.2, -0.15) is 10.5 Å². The number of carbonyl (C=O) groups is 2. The minimum atomic E-state index is -0.639. The Balaban J connectivity index is 1.90. The lowest BCUT2D eigenvalue weighted by Gasteiger charge is -2.07. The summed E-state index contributed by atoms with van der Waals surface area (Å²) in [7, 11) is 0. The van der Waals surface area contributed by atoms with Crippen LogP contribution < -0.4 is 5.32 Å². The Bertz CT molecular complexity index is 899. The molecule has 6 heteroatoms. The molecule has 128 valence electrons. The normalized spacial score (nSPS) is 9.35. The average molecular weight is 345 g/mol. The molecule has 0 aliphatic rings. The van der Waals surface area contributed by atoms with E-state index in [2.05, 4.69) is 5.32 Å². The summed E-state index contributed by atoms with van der Waals surface area (Å²) in [5.74, 6) is -1.07. The van der Waals surface area contributed by atoms with E-state index in [9.17, 15) is 9.59 Å². The maximum atomic E-state index is 12.0. The fourth-order valence-electron chi connectivity index (χ4n) is 2.02. The minimum Gasteiger partial charge on any atom is -0.452 e. The summed E-state index contributed by atoms with van der Waals surface area (Å²) in [6, 6.07) is 16.9. The fourth-order valence-corrected chi connectivity index (χ4v) is 2.02. The van der Waals surface area contributed by atoms with Crippen molar-refractivity contribution in [1.29, 1.82) is 10.5 Å². The summed E-state index contributed by atoms with van der Waals surface area (Å²) in [6.45, 7) is 1.54. The molecule has 0 bridgehead atoms. The van der Waals surface area contributed by atoms with Gasteiger partial charge in [-0.3, -0.25) is 4.79 Å². The zero-order valence-electron chi connectivity index (χ0n) is 14.0. The molecular weight excluding hydrogens is 330 g/mol. The summed E-state index contributed by atoms with van der Waals surface area (Å²) in [4.78, 5) is 23.8. The predicted molar refractivity (Wildman–Crippen MR) is 95.7 cm³/mol. The van der Waals surface area contributed by atoms with Crippen molar-refractivity contribution in [2.24, 2.45) is 0 Å². The molecule has 0 aliphatic carbocycles.